The molecular weight excluding hydrogens is 316 g/mol. The quantitative estimate of drug-likeness (QED) is 0.807. The molecule has 2 aromatic rings. The van der Waals surface area contributed by atoms with Crippen molar-refractivity contribution in [3.05, 3.63) is 66.2 Å². The third kappa shape index (κ3) is 3.18. The minimum Gasteiger partial charge on any atom is -0.324 e. The second-order valence-corrected chi connectivity index (χ2v) is 6.14. The predicted octanol–water partition coefficient (Wildman–Crippen LogP) is 2.93. The first kappa shape index (κ1) is 16.9. The molecule has 0 spiro atoms. The molecule has 1 saturated heterocycles. The van der Waals surface area contributed by atoms with Gasteiger partial charge in [-0.3, -0.25) is 14.4 Å². The third-order valence-electron chi connectivity index (χ3n) is 4.54. The Kier molecular flexibility index (Phi) is 4.65. The maximum absolute atomic E-state index is 12.9. The SMILES string of the molecule is CC(=O)N(C1CC(=O)N(c2ccccc2)C1=O)C(C)c1ccccc1. The average molecular weight is 336 g/mol. The second-order valence-electron chi connectivity index (χ2n) is 6.14. The first-order valence-electron chi connectivity index (χ1n) is 8.26. The number of hydrogen-bond acceptors (Lipinski definition) is 3. The van der Waals surface area contributed by atoms with Crippen LogP contribution < -0.4 is 4.90 Å². The molecule has 5 nitrogen and oxygen atoms in total. The number of carbonyl (C=O) groups excluding carboxylic acids is 3. The van der Waals surface area contributed by atoms with E-state index in [-0.39, 0.29) is 30.2 Å². The molecule has 0 saturated carbocycles. The zero-order chi connectivity index (χ0) is 18.0. The molecule has 5 heteroatoms. The Morgan fingerprint density at radius 1 is 1.04 bits per heavy atom. The van der Waals surface area contributed by atoms with E-state index in [9.17, 15) is 14.4 Å². The Labute approximate surface area is 146 Å². The van der Waals surface area contributed by atoms with Crippen LogP contribution in [0.25, 0.3) is 0 Å². The van der Waals surface area contributed by atoms with E-state index in [1.54, 1.807) is 24.3 Å². The second kappa shape index (κ2) is 6.89. The number of amides is 3. The van der Waals surface area contributed by atoms with Gasteiger partial charge in [0.25, 0.3) is 5.91 Å². The highest BCUT2D eigenvalue weighted by atomic mass is 16.2. The molecule has 2 aromatic carbocycles. The highest BCUT2D eigenvalue weighted by molar-refractivity contribution is 6.23. The fourth-order valence-corrected chi connectivity index (χ4v) is 3.34. The van der Waals surface area contributed by atoms with E-state index < -0.39 is 6.04 Å². The number of para-hydroxylation sites is 1. The van der Waals surface area contributed by atoms with Gasteiger partial charge >= 0.3 is 0 Å². The van der Waals surface area contributed by atoms with Crippen molar-refractivity contribution in [2.45, 2.75) is 32.4 Å². The lowest BCUT2D eigenvalue weighted by atomic mass is 10.0. The lowest BCUT2D eigenvalue weighted by Crippen LogP contribution is -2.45. The van der Waals surface area contributed by atoms with Crippen molar-refractivity contribution in [2.75, 3.05) is 4.90 Å². The molecule has 1 aliphatic rings. The van der Waals surface area contributed by atoms with Gasteiger partial charge in [0.1, 0.15) is 6.04 Å². The molecule has 1 heterocycles. The lowest BCUT2D eigenvalue weighted by molar-refractivity contribution is -0.139. The average Bonchev–Trinajstić information content (AvgIpc) is 2.90. The minimum atomic E-state index is -0.777. The summed E-state index contributed by atoms with van der Waals surface area (Å²) in [6, 6.07) is 17.3. The van der Waals surface area contributed by atoms with E-state index in [0.29, 0.717) is 5.69 Å². The number of anilines is 1. The number of benzene rings is 2. The molecule has 0 aromatic heterocycles. The molecule has 2 unspecified atom stereocenters. The Morgan fingerprint density at radius 2 is 1.60 bits per heavy atom. The normalized spacial score (nSPS) is 18.3. The molecule has 0 aliphatic carbocycles. The van der Waals surface area contributed by atoms with Crippen molar-refractivity contribution in [1.29, 1.82) is 0 Å². The number of hydrogen-bond donors (Lipinski definition) is 0. The van der Waals surface area contributed by atoms with Crippen LogP contribution in [0.3, 0.4) is 0 Å². The standard InChI is InChI=1S/C20H20N2O3/c1-14(16-9-5-3-6-10-16)21(15(2)23)18-13-19(24)22(20(18)25)17-11-7-4-8-12-17/h3-12,14,18H,13H2,1-2H3. The molecular formula is C20H20N2O3. The van der Waals surface area contributed by atoms with Crippen LogP contribution in [0.1, 0.15) is 31.9 Å². The van der Waals surface area contributed by atoms with Gasteiger partial charge in [-0.25, -0.2) is 4.90 Å². The van der Waals surface area contributed by atoms with Crippen molar-refractivity contribution >= 4 is 23.4 Å². The topological polar surface area (TPSA) is 57.7 Å². The summed E-state index contributed by atoms with van der Waals surface area (Å²) in [5.74, 6) is -0.862. The maximum atomic E-state index is 12.9. The van der Waals surface area contributed by atoms with E-state index in [2.05, 4.69) is 0 Å². The first-order chi connectivity index (χ1) is 12.0. The number of rotatable bonds is 4. The monoisotopic (exact) mass is 336 g/mol. The van der Waals surface area contributed by atoms with Crippen molar-refractivity contribution in [1.82, 2.24) is 4.90 Å². The Hall–Kier alpha value is -2.95. The van der Waals surface area contributed by atoms with E-state index in [1.165, 1.54) is 16.7 Å². The van der Waals surface area contributed by atoms with E-state index >= 15 is 0 Å². The van der Waals surface area contributed by atoms with E-state index in [0.717, 1.165) is 5.56 Å². The van der Waals surface area contributed by atoms with E-state index in [4.69, 9.17) is 0 Å². The summed E-state index contributed by atoms with van der Waals surface area (Å²) in [4.78, 5) is 40.3. The van der Waals surface area contributed by atoms with Crippen molar-refractivity contribution in [3.63, 3.8) is 0 Å². The zero-order valence-electron chi connectivity index (χ0n) is 14.3. The van der Waals surface area contributed by atoms with E-state index in [1.807, 2.05) is 43.3 Å². The van der Waals surface area contributed by atoms with Crippen LogP contribution in [0.15, 0.2) is 60.7 Å². The van der Waals surface area contributed by atoms with Crippen LogP contribution >= 0.6 is 0 Å². The van der Waals surface area contributed by atoms with Crippen LogP contribution in [0.4, 0.5) is 5.69 Å². The number of carbonyl (C=O) groups is 3. The predicted molar refractivity (Wildman–Crippen MR) is 94.7 cm³/mol. The van der Waals surface area contributed by atoms with Crippen LogP contribution in [-0.2, 0) is 14.4 Å². The molecule has 0 N–H and O–H groups in total. The summed E-state index contributed by atoms with van der Waals surface area (Å²) in [6.07, 6.45) is 0.00445. The highest BCUT2D eigenvalue weighted by Crippen LogP contribution is 2.30. The Morgan fingerprint density at radius 3 is 2.16 bits per heavy atom. The van der Waals surface area contributed by atoms with Gasteiger partial charge in [-0.1, -0.05) is 48.5 Å². The molecule has 2 atom stereocenters. The molecule has 25 heavy (non-hydrogen) atoms. The smallest absolute Gasteiger partial charge is 0.257 e. The fraction of sp³-hybridized carbons (Fsp3) is 0.250. The molecule has 3 amide bonds. The Balaban J connectivity index is 1.92. The molecule has 0 bridgehead atoms. The fourth-order valence-electron chi connectivity index (χ4n) is 3.34. The summed E-state index contributed by atoms with van der Waals surface area (Å²) < 4.78 is 0. The maximum Gasteiger partial charge on any atom is 0.257 e. The van der Waals surface area contributed by atoms with Crippen LogP contribution in [0, 0.1) is 0 Å². The van der Waals surface area contributed by atoms with Crippen LogP contribution in [-0.4, -0.2) is 28.7 Å². The largest absolute Gasteiger partial charge is 0.324 e. The lowest BCUT2D eigenvalue weighted by Gasteiger charge is -2.32. The number of nitrogens with zero attached hydrogens (tertiary/aromatic N) is 2. The molecule has 1 aliphatic heterocycles. The Bertz CT molecular complexity index is 789. The van der Waals surface area contributed by atoms with Gasteiger partial charge < -0.3 is 4.90 Å². The van der Waals surface area contributed by atoms with Crippen molar-refractivity contribution in [3.8, 4) is 0 Å². The van der Waals surface area contributed by atoms with Gasteiger partial charge in [0, 0.05) is 6.92 Å². The summed E-state index contributed by atoms with van der Waals surface area (Å²) >= 11 is 0. The molecule has 3 rings (SSSR count). The first-order valence-corrected chi connectivity index (χ1v) is 8.26. The van der Waals surface area contributed by atoms with Gasteiger partial charge in [-0.15, -0.1) is 0 Å². The zero-order valence-corrected chi connectivity index (χ0v) is 14.3. The molecule has 0 radical (unpaired) electrons. The summed E-state index contributed by atoms with van der Waals surface area (Å²) in [7, 11) is 0. The van der Waals surface area contributed by atoms with Crippen LogP contribution in [0.5, 0.6) is 0 Å². The van der Waals surface area contributed by atoms with Gasteiger partial charge in [0.15, 0.2) is 0 Å². The summed E-state index contributed by atoms with van der Waals surface area (Å²) in [6.45, 7) is 3.31. The minimum absolute atomic E-state index is 0.00445. The summed E-state index contributed by atoms with van der Waals surface area (Å²) in [5.41, 5.74) is 1.46. The van der Waals surface area contributed by atoms with Crippen molar-refractivity contribution < 1.29 is 14.4 Å². The van der Waals surface area contributed by atoms with Crippen molar-refractivity contribution in [2.24, 2.45) is 0 Å². The summed E-state index contributed by atoms with van der Waals surface area (Å²) in [5, 5.41) is 0. The molecule has 128 valence electrons. The van der Waals surface area contributed by atoms with Gasteiger partial charge in [0.2, 0.25) is 11.8 Å². The third-order valence-corrected chi connectivity index (χ3v) is 4.54. The van der Waals surface area contributed by atoms with Gasteiger partial charge in [0.05, 0.1) is 18.2 Å². The van der Waals surface area contributed by atoms with Gasteiger partial charge in [-0.2, -0.15) is 0 Å². The highest BCUT2D eigenvalue weighted by Gasteiger charge is 2.45. The van der Waals surface area contributed by atoms with Crippen LogP contribution in [0.2, 0.25) is 0 Å². The van der Waals surface area contributed by atoms with Gasteiger partial charge in [-0.05, 0) is 24.6 Å². The molecule has 1 fully saturated rings. The number of imide groups is 1.